The van der Waals surface area contributed by atoms with Crippen molar-refractivity contribution < 1.29 is 33.4 Å². The minimum absolute atomic E-state index is 0.0182. The molecule has 1 heterocycles. The highest BCUT2D eigenvalue weighted by Crippen LogP contribution is 2.28. The van der Waals surface area contributed by atoms with Gasteiger partial charge in [-0.05, 0) is 35.7 Å². The molecule has 0 saturated carbocycles. The van der Waals surface area contributed by atoms with Crippen molar-refractivity contribution >= 4 is 35.5 Å². The molecule has 1 saturated heterocycles. The Morgan fingerprint density at radius 3 is 2.29 bits per heavy atom. The predicted molar refractivity (Wildman–Crippen MR) is 127 cm³/mol. The number of amides is 2. The Morgan fingerprint density at radius 1 is 1.03 bits per heavy atom. The van der Waals surface area contributed by atoms with Gasteiger partial charge in [0.25, 0.3) is 0 Å². The van der Waals surface area contributed by atoms with Crippen molar-refractivity contribution in [1.82, 2.24) is 10.2 Å². The molecule has 35 heavy (non-hydrogen) atoms. The van der Waals surface area contributed by atoms with E-state index in [-0.39, 0.29) is 24.7 Å². The monoisotopic (exact) mass is 502 g/mol. The summed E-state index contributed by atoms with van der Waals surface area (Å²) in [4.78, 5) is 51.6. The molecule has 2 aromatic carbocycles. The highest BCUT2D eigenvalue weighted by atomic mass is 35.5. The average molecular weight is 503 g/mol. The van der Waals surface area contributed by atoms with Crippen LogP contribution in [0.1, 0.15) is 29.8 Å². The average Bonchev–Trinajstić information content (AvgIpc) is 2.86. The second-order valence-electron chi connectivity index (χ2n) is 8.31. The number of nitrogens with zero attached hydrogens (tertiary/aromatic N) is 1. The van der Waals surface area contributed by atoms with Gasteiger partial charge in [0, 0.05) is 5.02 Å². The second kappa shape index (κ2) is 11.7. The Bertz CT molecular complexity index is 1060. The maximum absolute atomic E-state index is 13.0. The largest absolute Gasteiger partial charge is 0.467 e. The van der Waals surface area contributed by atoms with Crippen LogP contribution in [-0.2, 0) is 30.4 Å². The Labute approximate surface area is 208 Å². The van der Waals surface area contributed by atoms with Crippen LogP contribution in [0.2, 0.25) is 5.02 Å². The highest BCUT2D eigenvalue weighted by molar-refractivity contribution is 6.30. The molecule has 2 amide bonds. The van der Waals surface area contributed by atoms with E-state index in [1.165, 1.54) is 24.1 Å². The molecule has 1 aliphatic rings. The number of β-lactam (4-membered cyclic amide) rings is 1. The summed E-state index contributed by atoms with van der Waals surface area (Å²) >= 11 is 5.86. The fourth-order valence-corrected chi connectivity index (χ4v) is 3.92. The van der Waals surface area contributed by atoms with Crippen LogP contribution in [0.3, 0.4) is 0 Å². The van der Waals surface area contributed by atoms with Crippen LogP contribution in [0.15, 0.2) is 54.6 Å². The summed E-state index contributed by atoms with van der Waals surface area (Å²) in [7, 11) is 1.23. The number of methoxy groups -OCH3 is 1. The number of esters is 2. The van der Waals surface area contributed by atoms with Crippen LogP contribution >= 0.6 is 11.6 Å². The molecule has 10 heteroatoms. The first-order valence-corrected chi connectivity index (χ1v) is 11.4. The van der Waals surface area contributed by atoms with Crippen LogP contribution in [0.25, 0.3) is 0 Å². The van der Waals surface area contributed by atoms with Crippen molar-refractivity contribution in [2.45, 2.75) is 38.6 Å². The summed E-state index contributed by atoms with van der Waals surface area (Å²) in [6, 6.07) is 12.4. The normalized spacial score (nSPS) is 17.9. The summed E-state index contributed by atoms with van der Waals surface area (Å²) < 4.78 is 15.5. The van der Waals surface area contributed by atoms with Crippen molar-refractivity contribution in [1.29, 1.82) is 0 Å². The lowest BCUT2D eigenvalue weighted by atomic mass is 9.89. The van der Waals surface area contributed by atoms with E-state index in [1.54, 1.807) is 38.1 Å². The maximum Gasteiger partial charge on any atom is 0.408 e. The molecule has 1 fully saturated rings. The summed E-state index contributed by atoms with van der Waals surface area (Å²) in [5, 5.41) is 2.99. The maximum atomic E-state index is 13.0. The predicted octanol–water partition coefficient (Wildman–Crippen LogP) is 3.20. The van der Waals surface area contributed by atoms with Gasteiger partial charge in [-0.1, -0.05) is 55.8 Å². The van der Waals surface area contributed by atoms with E-state index >= 15 is 0 Å². The lowest BCUT2D eigenvalue weighted by Crippen LogP contribution is -2.76. The molecule has 9 nitrogen and oxygen atoms in total. The fourth-order valence-electron chi connectivity index (χ4n) is 3.79. The first-order valence-electron chi connectivity index (χ1n) is 11.0. The van der Waals surface area contributed by atoms with Gasteiger partial charge in [0.05, 0.1) is 18.7 Å². The molecular weight excluding hydrogens is 476 g/mol. The molecule has 186 valence electrons. The van der Waals surface area contributed by atoms with E-state index in [0.717, 1.165) is 5.56 Å². The standard InChI is InChI=1S/C25H27ClN2O7/c1-15(2)21(24(31)33-3)28-19(14-34-23(30)17-9-11-18(26)12-10-17)20(22(28)29)27-25(32)35-13-16-7-5-4-6-8-16/h4-12,15,19-21H,13-14H2,1-3H3,(H,27,32)/t19-,20+,21-/m0/s1. The number of ether oxygens (including phenoxy) is 3. The minimum Gasteiger partial charge on any atom is -0.467 e. The van der Waals surface area contributed by atoms with Crippen molar-refractivity contribution in [3.05, 3.63) is 70.7 Å². The number of alkyl carbamates (subject to hydrolysis) is 1. The van der Waals surface area contributed by atoms with Crippen molar-refractivity contribution in [2.24, 2.45) is 5.92 Å². The molecule has 0 bridgehead atoms. The van der Waals surface area contributed by atoms with Gasteiger partial charge in [-0.2, -0.15) is 0 Å². The van der Waals surface area contributed by atoms with Crippen LogP contribution in [-0.4, -0.2) is 60.7 Å². The number of hydrogen-bond acceptors (Lipinski definition) is 7. The number of benzene rings is 2. The first kappa shape index (κ1) is 26.0. The number of halogens is 1. The van der Waals surface area contributed by atoms with Crippen molar-refractivity contribution in [3.63, 3.8) is 0 Å². The number of likely N-dealkylation sites (tertiary alicyclic amines) is 1. The van der Waals surface area contributed by atoms with E-state index in [0.29, 0.717) is 5.02 Å². The van der Waals surface area contributed by atoms with Gasteiger partial charge in [0.1, 0.15) is 25.3 Å². The third-order valence-corrected chi connectivity index (χ3v) is 5.84. The highest BCUT2D eigenvalue weighted by Gasteiger charge is 2.54. The van der Waals surface area contributed by atoms with Gasteiger partial charge < -0.3 is 24.4 Å². The smallest absolute Gasteiger partial charge is 0.408 e. The zero-order chi connectivity index (χ0) is 25.5. The van der Waals surface area contributed by atoms with Crippen molar-refractivity contribution in [2.75, 3.05) is 13.7 Å². The van der Waals surface area contributed by atoms with E-state index in [2.05, 4.69) is 5.32 Å². The van der Waals surface area contributed by atoms with Crippen LogP contribution in [0.4, 0.5) is 4.79 Å². The fraction of sp³-hybridized carbons (Fsp3) is 0.360. The first-order chi connectivity index (χ1) is 16.7. The Hall–Kier alpha value is -3.59. The van der Waals surface area contributed by atoms with Gasteiger partial charge in [0.2, 0.25) is 5.91 Å². The Balaban J connectivity index is 1.71. The van der Waals surface area contributed by atoms with Gasteiger partial charge in [0.15, 0.2) is 0 Å². The number of carbonyl (C=O) groups is 4. The van der Waals surface area contributed by atoms with E-state index < -0.39 is 42.1 Å². The van der Waals surface area contributed by atoms with Crippen LogP contribution in [0, 0.1) is 5.92 Å². The Kier molecular flexibility index (Phi) is 8.70. The minimum atomic E-state index is -1.04. The van der Waals surface area contributed by atoms with E-state index in [9.17, 15) is 19.2 Å². The topological polar surface area (TPSA) is 111 Å². The van der Waals surface area contributed by atoms with Crippen LogP contribution < -0.4 is 5.32 Å². The van der Waals surface area contributed by atoms with Crippen LogP contribution in [0.5, 0.6) is 0 Å². The second-order valence-corrected chi connectivity index (χ2v) is 8.75. The summed E-state index contributed by atoms with van der Waals surface area (Å²) in [5.74, 6) is -2.02. The van der Waals surface area contributed by atoms with Crippen molar-refractivity contribution in [3.8, 4) is 0 Å². The number of nitrogens with one attached hydrogen (secondary N) is 1. The molecule has 1 N–H and O–H groups in total. The third kappa shape index (κ3) is 6.30. The van der Waals surface area contributed by atoms with Gasteiger partial charge >= 0.3 is 18.0 Å². The number of hydrogen-bond donors (Lipinski definition) is 1. The molecular formula is C25H27ClN2O7. The molecule has 3 rings (SSSR count). The molecule has 3 atom stereocenters. The lowest BCUT2D eigenvalue weighted by Gasteiger charge is -2.50. The third-order valence-electron chi connectivity index (χ3n) is 5.59. The van der Waals surface area contributed by atoms with Gasteiger partial charge in [-0.15, -0.1) is 0 Å². The number of rotatable bonds is 9. The number of carbonyl (C=O) groups excluding carboxylic acids is 4. The summed E-state index contributed by atoms with van der Waals surface area (Å²) in [6.07, 6.45) is -0.806. The SMILES string of the molecule is COC(=O)[C@H](C(C)C)N1C(=O)[C@H](NC(=O)OCc2ccccc2)[C@@H]1COC(=O)c1ccc(Cl)cc1. The summed E-state index contributed by atoms with van der Waals surface area (Å²) in [6.45, 7) is 3.29. The summed E-state index contributed by atoms with van der Waals surface area (Å²) in [5.41, 5.74) is 1.05. The lowest BCUT2D eigenvalue weighted by molar-refractivity contribution is -0.171. The Morgan fingerprint density at radius 2 is 1.69 bits per heavy atom. The molecule has 2 aromatic rings. The van der Waals surface area contributed by atoms with E-state index in [4.69, 9.17) is 25.8 Å². The molecule has 0 aliphatic carbocycles. The molecule has 0 aromatic heterocycles. The van der Waals surface area contributed by atoms with E-state index in [1.807, 2.05) is 18.2 Å². The van der Waals surface area contributed by atoms with Gasteiger partial charge in [-0.3, -0.25) is 4.79 Å². The molecule has 0 radical (unpaired) electrons. The molecule has 0 spiro atoms. The molecule has 0 unspecified atom stereocenters. The quantitative estimate of drug-likeness (QED) is 0.318. The zero-order valence-electron chi connectivity index (χ0n) is 19.6. The molecule has 1 aliphatic heterocycles. The zero-order valence-corrected chi connectivity index (χ0v) is 20.4. The van der Waals surface area contributed by atoms with Gasteiger partial charge in [-0.25, -0.2) is 14.4 Å².